The number of pyridine rings is 1. The molecule has 3 atom stereocenters. The van der Waals surface area contributed by atoms with Crippen LogP contribution in [0.1, 0.15) is 35.8 Å². The Labute approximate surface area is 202 Å². The summed E-state index contributed by atoms with van der Waals surface area (Å²) in [7, 11) is 0. The van der Waals surface area contributed by atoms with E-state index in [1.54, 1.807) is 12.4 Å². The molecule has 1 aliphatic heterocycles. The van der Waals surface area contributed by atoms with Crippen molar-refractivity contribution in [3.8, 4) is 0 Å². The lowest BCUT2D eigenvalue weighted by Gasteiger charge is -2.29. The van der Waals surface area contributed by atoms with Gasteiger partial charge >= 0.3 is 6.09 Å². The Bertz CT molecular complexity index is 1120. The second kappa shape index (κ2) is 11.3. The number of nitrogens with zero attached hydrogens (tertiary/aromatic N) is 3. The number of imidazole rings is 1. The summed E-state index contributed by atoms with van der Waals surface area (Å²) in [4.78, 5) is 50.9. The van der Waals surface area contributed by atoms with Crippen molar-refractivity contribution in [2.45, 2.75) is 43.8 Å². The van der Waals surface area contributed by atoms with Crippen LogP contribution in [0.15, 0.2) is 67.3 Å². The van der Waals surface area contributed by atoms with Crippen molar-refractivity contribution in [3.63, 3.8) is 0 Å². The average molecular weight is 477 g/mol. The molecule has 10 nitrogen and oxygen atoms in total. The van der Waals surface area contributed by atoms with Crippen LogP contribution in [0.2, 0.25) is 0 Å². The average Bonchev–Trinajstić information content (AvgIpc) is 3.56. The first-order valence-corrected chi connectivity index (χ1v) is 11.5. The maximum atomic E-state index is 13.4. The number of rotatable bonds is 9. The van der Waals surface area contributed by atoms with Crippen molar-refractivity contribution in [3.05, 3.63) is 84.2 Å². The van der Waals surface area contributed by atoms with E-state index in [9.17, 15) is 19.5 Å². The number of carbonyl (C=O) groups is 3. The van der Waals surface area contributed by atoms with Crippen LogP contribution >= 0.6 is 0 Å². The van der Waals surface area contributed by atoms with Crippen LogP contribution in [0.3, 0.4) is 0 Å². The normalized spacial score (nSPS) is 16.9. The van der Waals surface area contributed by atoms with Gasteiger partial charge in [-0.05, 0) is 30.5 Å². The summed E-state index contributed by atoms with van der Waals surface area (Å²) in [5.74, 6) is -0.705. The highest BCUT2D eigenvalue weighted by molar-refractivity contribution is 5.92. The second-order valence-electron chi connectivity index (χ2n) is 8.45. The van der Waals surface area contributed by atoms with E-state index in [1.807, 2.05) is 48.5 Å². The number of aromatic amines is 1. The van der Waals surface area contributed by atoms with Gasteiger partial charge in [0.2, 0.25) is 11.8 Å². The summed E-state index contributed by atoms with van der Waals surface area (Å²) >= 11 is 0. The Morgan fingerprint density at radius 1 is 1.03 bits per heavy atom. The molecule has 0 saturated carbocycles. The maximum absolute atomic E-state index is 13.4. The fourth-order valence-corrected chi connectivity index (χ4v) is 4.40. The number of aromatic nitrogens is 3. The van der Waals surface area contributed by atoms with E-state index >= 15 is 0 Å². The minimum Gasteiger partial charge on any atom is -0.465 e. The predicted octanol–water partition coefficient (Wildman–Crippen LogP) is 2.07. The largest absolute Gasteiger partial charge is 0.465 e. The van der Waals surface area contributed by atoms with Crippen molar-refractivity contribution in [2.75, 3.05) is 6.54 Å². The Kier molecular flexibility index (Phi) is 7.71. The number of carboxylic acid groups (broad SMARTS) is 1. The van der Waals surface area contributed by atoms with Crippen LogP contribution in [0.4, 0.5) is 4.79 Å². The molecule has 1 aromatic carbocycles. The summed E-state index contributed by atoms with van der Waals surface area (Å²) in [6, 6.07) is 13.2. The highest BCUT2D eigenvalue weighted by atomic mass is 16.4. The van der Waals surface area contributed by atoms with Crippen LogP contribution in [0.5, 0.6) is 0 Å². The lowest BCUT2D eigenvalue weighted by Crippen LogP contribution is -2.54. The minimum atomic E-state index is -1.31. The van der Waals surface area contributed by atoms with E-state index in [-0.39, 0.29) is 18.4 Å². The van der Waals surface area contributed by atoms with E-state index in [2.05, 4.69) is 25.6 Å². The van der Waals surface area contributed by atoms with E-state index in [0.717, 1.165) is 11.3 Å². The molecular formula is C25H28N6O4. The lowest BCUT2D eigenvalue weighted by atomic mass is 10.0. The van der Waals surface area contributed by atoms with E-state index in [0.29, 0.717) is 31.5 Å². The van der Waals surface area contributed by atoms with Crippen molar-refractivity contribution >= 4 is 17.9 Å². The molecule has 1 aliphatic rings. The maximum Gasteiger partial charge on any atom is 0.405 e. The number of likely N-dealkylation sites (tertiary alicyclic amines) is 1. The van der Waals surface area contributed by atoms with Crippen molar-refractivity contribution in [2.24, 2.45) is 0 Å². The van der Waals surface area contributed by atoms with Gasteiger partial charge in [0.05, 0.1) is 18.1 Å². The number of benzene rings is 1. The first-order chi connectivity index (χ1) is 17.0. The topological polar surface area (TPSA) is 140 Å². The number of carbonyl (C=O) groups excluding carboxylic acids is 2. The van der Waals surface area contributed by atoms with Gasteiger partial charge in [0, 0.05) is 37.5 Å². The van der Waals surface area contributed by atoms with Gasteiger partial charge in [-0.25, -0.2) is 9.78 Å². The van der Waals surface area contributed by atoms with E-state index in [1.165, 1.54) is 11.2 Å². The van der Waals surface area contributed by atoms with E-state index in [4.69, 9.17) is 0 Å². The molecule has 0 bridgehead atoms. The molecule has 4 N–H and O–H groups in total. The summed E-state index contributed by atoms with van der Waals surface area (Å²) in [5, 5.41) is 14.7. The van der Waals surface area contributed by atoms with Gasteiger partial charge < -0.3 is 25.6 Å². The molecule has 3 aromatic rings. The minimum absolute atomic E-state index is 0.0891. The van der Waals surface area contributed by atoms with Gasteiger partial charge in [-0.3, -0.25) is 14.6 Å². The SMILES string of the molecule is O=C(O)N[C@@H](Cc1c[nH]cn1)C(=O)N1CCC[C@H]1C(=O)N[C@@H](Cc1ccccn1)c1ccccc1. The third-order valence-corrected chi connectivity index (χ3v) is 6.06. The quantitative estimate of drug-likeness (QED) is 0.373. The van der Waals surface area contributed by atoms with Gasteiger partial charge in [-0.1, -0.05) is 36.4 Å². The van der Waals surface area contributed by atoms with Crippen LogP contribution < -0.4 is 10.6 Å². The molecule has 10 heteroatoms. The number of hydrogen-bond acceptors (Lipinski definition) is 5. The zero-order valence-electron chi connectivity index (χ0n) is 19.1. The van der Waals surface area contributed by atoms with Gasteiger partial charge in [-0.15, -0.1) is 0 Å². The first kappa shape index (κ1) is 23.9. The monoisotopic (exact) mass is 476 g/mol. The molecule has 0 aliphatic carbocycles. The summed E-state index contributed by atoms with van der Waals surface area (Å²) < 4.78 is 0. The molecule has 3 amide bonds. The number of amides is 3. The Hall–Kier alpha value is -4.21. The van der Waals surface area contributed by atoms with Gasteiger partial charge in [0.1, 0.15) is 12.1 Å². The second-order valence-corrected chi connectivity index (χ2v) is 8.45. The molecule has 182 valence electrons. The zero-order valence-corrected chi connectivity index (χ0v) is 19.1. The molecule has 2 aromatic heterocycles. The van der Waals surface area contributed by atoms with Crippen LogP contribution in [-0.4, -0.2) is 61.5 Å². The predicted molar refractivity (Wildman–Crippen MR) is 127 cm³/mol. The zero-order chi connectivity index (χ0) is 24.6. The fraction of sp³-hybridized carbons (Fsp3) is 0.320. The van der Waals surface area contributed by atoms with Gasteiger partial charge in [0.25, 0.3) is 0 Å². The van der Waals surface area contributed by atoms with Gasteiger partial charge in [0.15, 0.2) is 0 Å². The van der Waals surface area contributed by atoms with Crippen LogP contribution in [0, 0.1) is 0 Å². The molecule has 1 fully saturated rings. The standard InChI is InChI=1S/C25H28N6O4/c32-23(29-20(17-7-2-1-3-8-17)13-18-9-4-5-11-27-18)22-10-6-12-31(22)24(33)21(30-25(34)35)14-19-15-26-16-28-19/h1-5,7-9,11,15-16,20-22,30H,6,10,12-14H2,(H,26,28)(H,29,32)(H,34,35)/t20-,21-,22-/m0/s1. The van der Waals surface area contributed by atoms with Crippen molar-refractivity contribution < 1.29 is 19.5 Å². The summed E-state index contributed by atoms with van der Waals surface area (Å²) in [6.07, 6.45) is 5.23. The Morgan fingerprint density at radius 2 is 1.83 bits per heavy atom. The number of hydrogen-bond donors (Lipinski definition) is 4. The van der Waals surface area contributed by atoms with E-state index < -0.39 is 24.1 Å². The summed E-state index contributed by atoms with van der Waals surface area (Å²) in [6.45, 7) is 0.380. The van der Waals surface area contributed by atoms with Crippen LogP contribution in [0.25, 0.3) is 0 Å². The first-order valence-electron chi connectivity index (χ1n) is 11.5. The van der Waals surface area contributed by atoms with Gasteiger partial charge in [-0.2, -0.15) is 0 Å². The third kappa shape index (κ3) is 6.23. The Balaban J connectivity index is 1.50. The van der Waals surface area contributed by atoms with Crippen LogP contribution in [-0.2, 0) is 22.4 Å². The molecule has 0 spiro atoms. The highest BCUT2D eigenvalue weighted by Crippen LogP contribution is 2.23. The molecule has 0 unspecified atom stereocenters. The molecule has 1 saturated heterocycles. The fourth-order valence-electron chi connectivity index (χ4n) is 4.40. The molecule has 0 radical (unpaired) electrons. The molecular weight excluding hydrogens is 448 g/mol. The highest BCUT2D eigenvalue weighted by Gasteiger charge is 2.38. The summed E-state index contributed by atoms with van der Waals surface area (Å²) in [5.41, 5.74) is 2.33. The Morgan fingerprint density at radius 3 is 2.51 bits per heavy atom. The number of H-pyrrole nitrogens is 1. The lowest BCUT2D eigenvalue weighted by molar-refractivity contribution is -0.140. The molecule has 35 heavy (non-hydrogen) atoms. The smallest absolute Gasteiger partial charge is 0.405 e. The molecule has 3 heterocycles. The molecule has 4 rings (SSSR count). The van der Waals surface area contributed by atoms with Crippen molar-refractivity contribution in [1.29, 1.82) is 0 Å². The number of nitrogens with one attached hydrogen (secondary N) is 3. The van der Waals surface area contributed by atoms with Crippen molar-refractivity contribution in [1.82, 2.24) is 30.5 Å². The third-order valence-electron chi connectivity index (χ3n) is 6.06.